The molecule has 2 saturated heterocycles. The van der Waals surface area contributed by atoms with E-state index in [4.69, 9.17) is 5.73 Å². The van der Waals surface area contributed by atoms with Crippen LogP contribution in [0.2, 0.25) is 0 Å². The minimum Gasteiger partial charge on any atom is -0.338 e. The number of hydrogen-bond donors (Lipinski definition) is 1. The summed E-state index contributed by atoms with van der Waals surface area (Å²) in [6, 6.07) is 5.10. The van der Waals surface area contributed by atoms with E-state index in [0.717, 1.165) is 32.1 Å². The van der Waals surface area contributed by atoms with Gasteiger partial charge in [0, 0.05) is 37.8 Å². The number of amides is 1. The number of sulfonamides is 1. The third-order valence-corrected chi connectivity index (χ3v) is 7.90. The summed E-state index contributed by atoms with van der Waals surface area (Å²) in [5.74, 6) is 0.195. The molecule has 2 aliphatic rings. The third kappa shape index (κ3) is 4.36. The van der Waals surface area contributed by atoms with Gasteiger partial charge in [0.15, 0.2) is 0 Å². The van der Waals surface area contributed by atoms with Crippen LogP contribution in [-0.4, -0.2) is 55.8 Å². The quantitative estimate of drug-likeness (QED) is 0.851. The van der Waals surface area contributed by atoms with Gasteiger partial charge in [0.25, 0.3) is 5.91 Å². The Hall–Kier alpha value is -1.44. The largest absolute Gasteiger partial charge is 0.338 e. The van der Waals surface area contributed by atoms with Gasteiger partial charge in [-0.25, -0.2) is 8.42 Å². The molecule has 2 fully saturated rings. The molecule has 7 heteroatoms. The maximum absolute atomic E-state index is 13.1. The molecular weight excluding hydrogens is 362 g/mol. The summed E-state index contributed by atoms with van der Waals surface area (Å²) < 4.78 is 27.7. The summed E-state index contributed by atoms with van der Waals surface area (Å²) >= 11 is 0. The van der Waals surface area contributed by atoms with Gasteiger partial charge in [-0.3, -0.25) is 4.79 Å². The Labute approximate surface area is 162 Å². The van der Waals surface area contributed by atoms with Crippen molar-refractivity contribution in [2.75, 3.05) is 26.2 Å². The molecule has 2 N–H and O–H groups in total. The van der Waals surface area contributed by atoms with Crippen LogP contribution >= 0.6 is 0 Å². The normalized spacial score (nSPS) is 23.2. The van der Waals surface area contributed by atoms with Crippen LogP contribution in [-0.2, 0) is 10.0 Å². The van der Waals surface area contributed by atoms with E-state index < -0.39 is 10.0 Å². The van der Waals surface area contributed by atoms with Crippen molar-refractivity contribution < 1.29 is 13.2 Å². The Bertz CT molecular complexity index is 786. The fraction of sp³-hybridized carbons (Fsp3) is 0.650. The van der Waals surface area contributed by atoms with Gasteiger partial charge in [-0.2, -0.15) is 4.31 Å². The Kier molecular flexibility index (Phi) is 6.23. The van der Waals surface area contributed by atoms with E-state index in [9.17, 15) is 13.2 Å². The van der Waals surface area contributed by atoms with E-state index in [0.29, 0.717) is 43.2 Å². The SMILES string of the molecule is Cc1ccc(C(=O)N2CCCC(C(C)N)C2)cc1S(=O)(=O)N1CCCCC1. The van der Waals surface area contributed by atoms with Gasteiger partial charge >= 0.3 is 0 Å². The average molecular weight is 394 g/mol. The Balaban J connectivity index is 1.85. The lowest BCUT2D eigenvalue weighted by Crippen LogP contribution is -2.45. The minimum atomic E-state index is -3.56. The van der Waals surface area contributed by atoms with E-state index in [1.165, 1.54) is 0 Å². The first kappa shape index (κ1) is 20.3. The van der Waals surface area contributed by atoms with Gasteiger partial charge in [0.05, 0.1) is 4.90 Å². The van der Waals surface area contributed by atoms with Crippen molar-refractivity contribution in [1.29, 1.82) is 0 Å². The smallest absolute Gasteiger partial charge is 0.253 e. The molecule has 1 aromatic rings. The number of likely N-dealkylation sites (tertiary alicyclic amines) is 1. The first-order chi connectivity index (χ1) is 12.8. The van der Waals surface area contributed by atoms with Gasteiger partial charge in [0.1, 0.15) is 0 Å². The highest BCUT2D eigenvalue weighted by Crippen LogP contribution is 2.26. The molecule has 6 nitrogen and oxygen atoms in total. The molecule has 0 radical (unpaired) electrons. The van der Waals surface area contributed by atoms with Crippen LogP contribution in [0.15, 0.2) is 23.1 Å². The third-order valence-electron chi connectivity index (χ3n) is 5.86. The summed E-state index contributed by atoms with van der Waals surface area (Å²) in [4.78, 5) is 15.1. The summed E-state index contributed by atoms with van der Waals surface area (Å²) in [6.07, 6.45) is 4.82. The summed E-state index contributed by atoms with van der Waals surface area (Å²) in [6.45, 7) is 6.22. The highest BCUT2D eigenvalue weighted by Gasteiger charge is 2.30. The molecule has 2 aliphatic heterocycles. The van der Waals surface area contributed by atoms with Crippen LogP contribution in [0.4, 0.5) is 0 Å². The van der Waals surface area contributed by atoms with Gasteiger partial charge in [-0.15, -0.1) is 0 Å². The van der Waals surface area contributed by atoms with Crippen LogP contribution in [0.5, 0.6) is 0 Å². The van der Waals surface area contributed by atoms with E-state index >= 15 is 0 Å². The summed E-state index contributed by atoms with van der Waals surface area (Å²) in [7, 11) is -3.56. The zero-order valence-corrected chi connectivity index (χ0v) is 17.2. The lowest BCUT2D eigenvalue weighted by molar-refractivity contribution is 0.0660. The highest BCUT2D eigenvalue weighted by atomic mass is 32.2. The number of rotatable bonds is 4. The maximum Gasteiger partial charge on any atom is 0.253 e. The van der Waals surface area contributed by atoms with Crippen molar-refractivity contribution in [3.05, 3.63) is 29.3 Å². The van der Waals surface area contributed by atoms with Gasteiger partial charge in [0.2, 0.25) is 10.0 Å². The summed E-state index contributed by atoms with van der Waals surface area (Å²) in [5.41, 5.74) is 7.16. The number of piperidine rings is 2. The van der Waals surface area contributed by atoms with Crippen molar-refractivity contribution >= 4 is 15.9 Å². The second-order valence-electron chi connectivity index (χ2n) is 7.96. The number of benzene rings is 1. The molecule has 0 bridgehead atoms. The minimum absolute atomic E-state index is 0.0497. The monoisotopic (exact) mass is 393 g/mol. The second kappa shape index (κ2) is 8.29. The van der Waals surface area contributed by atoms with E-state index in [2.05, 4.69) is 0 Å². The molecular formula is C20H31N3O3S. The molecule has 150 valence electrons. The van der Waals surface area contributed by atoms with Crippen LogP contribution in [0, 0.1) is 12.8 Å². The van der Waals surface area contributed by atoms with Crippen molar-refractivity contribution in [3.8, 4) is 0 Å². The lowest BCUT2D eigenvalue weighted by atomic mass is 9.92. The van der Waals surface area contributed by atoms with E-state index in [1.54, 1.807) is 29.4 Å². The number of carbonyl (C=O) groups is 1. The van der Waals surface area contributed by atoms with Crippen LogP contribution in [0.3, 0.4) is 0 Å². The molecule has 1 aromatic carbocycles. The number of nitrogens with zero attached hydrogens (tertiary/aromatic N) is 2. The van der Waals surface area contributed by atoms with Crippen molar-refractivity contribution in [2.24, 2.45) is 11.7 Å². The van der Waals surface area contributed by atoms with Crippen molar-refractivity contribution in [1.82, 2.24) is 9.21 Å². The first-order valence-corrected chi connectivity index (χ1v) is 11.4. The molecule has 2 heterocycles. The molecule has 2 atom stereocenters. The Morgan fingerprint density at radius 2 is 1.85 bits per heavy atom. The number of hydrogen-bond acceptors (Lipinski definition) is 4. The second-order valence-corrected chi connectivity index (χ2v) is 9.86. The lowest BCUT2D eigenvalue weighted by Gasteiger charge is -2.34. The molecule has 1 amide bonds. The zero-order chi connectivity index (χ0) is 19.6. The van der Waals surface area contributed by atoms with E-state index in [1.807, 2.05) is 11.8 Å². The molecule has 3 rings (SSSR count). The predicted molar refractivity (Wildman–Crippen MR) is 106 cm³/mol. The fourth-order valence-corrected chi connectivity index (χ4v) is 5.83. The Morgan fingerprint density at radius 1 is 1.15 bits per heavy atom. The van der Waals surface area contributed by atoms with Gasteiger partial charge < -0.3 is 10.6 Å². The van der Waals surface area contributed by atoms with Gasteiger partial charge in [-0.05, 0) is 63.1 Å². The maximum atomic E-state index is 13.1. The molecule has 27 heavy (non-hydrogen) atoms. The van der Waals surface area contributed by atoms with Crippen molar-refractivity contribution in [3.63, 3.8) is 0 Å². The molecule has 2 unspecified atom stereocenters. The molecule has 0 aliphatic carbocycles. The van der Waals surface area contributed by atoms with Crippen LogP contribution in [0.1, 0.15) is 54.9 Å². The molecule has 0 saturated carbocycles. The molecule has 0 aromatic heterocycles. The fourth-order valence-electron chi connectivity index (χ4n) is 4.06. The zero-order valence-electron chi connectivity index (χ0n) is 16.4. The average Bonchev–Trinajstić information content (AvgIpc) is 2.68. The summed E-state index contributed by atoms with van der Waals surface area (Å²) in [5, 5.41) is 0. The van der Waals surface area contributed by atoms with E-state index in [-0.39, 0.29) is 16.8 Å². The van der Waals surface area contributed by atoms with Crippen LogP contribution in [0.25, 0.3) is 0 Å². The molecule has 0 spiro atoms. The topological polar surface area (TPSA) is 83.7 Å². The Morgan fingerprint density at radius 3 is 2.52 bits per heavy atom. The number of aryl methyl sites for hydroxylation is 1. The number of nitrogens with two attached hydrogens (primary N) is 1. The standard InChI is InChI=1S/C20H31N3O3S/c1-15-8-9-17(20(24)22-10-6-7-18(14-22)16(2)21)13-19(15)27(25,26)23-11-4-3-5-12-23/h8-9,13,16,18H,3-7,10-12,14,21H2,1-2H3. The van der Waals surface area contributed by atoms with Crippen LogP contribution < -0.4 is 5.73 Å². The highest BCUT2D eigenvalue weighted by molar-refractivity contribution is 7.89. The van der Waals surface area contributed by atoms with Crippen molar-refractivity contribution in [2.45, 2.75) is 56.9 Å². The predicted octanol–water partition coefficient (Wildman–Crippen LogP) is 2.37. The van der Waals surface area contributed by atoms with Gasteiger partial charge in [-0.1, -0.05) is 12.5 Å². The number of carbonyl (C=O) groups excluding carboxylic acids is 1. The first-order valence-electron chi connectivity index (χ1n) is 9.96.